The molecule has 3 aromatic heterocycles. The van der Waals surface area contributed by atoms with Crippen molar-refractivity contribution in [3.63, 3.8) is 0 Å². The Morgan fingerprint density at radius 3 is 2.68 bits per heavy atom. The van der Waals surface area contributed by atoms with E-state index in [1.54, 1.807) is 6.20 Å². The molecule has 0 amide bonds. The Labute approximate surface area is 125 Å². The number of aromatic nitrogens is 6. The Hall–Kier alpha value is -3.09. The minimum absolute atomic E-state index is 0.339. The summed E-state index contributed by atoms with van der Waals surface area (Å²) >= 11 is 0. The van der Waals surface area contributed by atoms with Crippen LogP contribution in [-0.4, -0.2) is 29.9 Å². The summed E-state index contributed by atoms with van der Waals surface area (Å²) in [4.78, 5) is 25.2. The lowest BCUT2D eigenvalue weighted by atomic mass is 10.3. The van der Waals surface area contributed by atoms with Crippen molar-refractivity contribution in [1.82, 2.24) is 29.9 Å². The molecule has 0 radical (unpaired) electrons. The molecule has 0 fully saturated rings. The number of rotatable bonds is 2. The number of aromatic amines is 1. The zero-order valence-electron chi connectivity index (χ0n) is 11.9. The van der Waals surface area contributed by atoms with E-state index in [1.165, 1.54) is 0 Å². The number of nitrogen functional groups attached to an aromatic ring is 1. The standard InChI is InChI=1S/C15H13N7/c1-2-11-19-12-13(16)21-14(22-15(12)20-11)10-7-17-8-5-3-4-6-9(8)18-10/h3-7H,2H2,1H3,(H3,16,19,20,21,22). The first-order chi connectivity index (χ1) is 10.7. The predicted octanol–water partition coefficient (Wildman–Crippen LogP) is 2.11. The second-order valence-electron chi connectivity index (χ2n) is 4.91. The van der Waals surface area contributed by atoms with Gasteiger partial charge in [0.2, 0.25) is 0 Å². The highest BCUT2D eigenvalue weighted by atomic mass is 15.1. The predicted molar refractivity (Wildman–Crippen MR) is 84.0 cm³/mol. The van der Waals surface area contributed by atoms with E-state index in [2.05, 4.69) is 29.9 Å². The van der Waals surface area contributed by atoms with Gasteiger partial charge in [0.05, 0.1) is 17.2 Å². The fourth-order valence-corrected chi connectivity index (χ4v) is 2.32. The second-order valence-corrected chi connectivity index (χ2v) is 4.91. The number of hydrogen-bond acceptors (Lipinski definition) is 6. The molecule has 0 spiro atoms. The molecule has 0 saturated carbocycles. The summed E-state index contributed by atoms with van der Waals surface area (Å²) in [6.45, 7) is 2.01. The van der Waals surface area contributed by atoms with Crippen LogP contribution in [0, 0.1) is 0 Å². The molecule has 0 aliphatic carbocycles. The zero-order valence-corrected chi connectivity index (χ0v) is 11.9. The third-order valence-corrected chi connectivity index (χ3v) is 3.43. The number of nitrogens with two attached hydrogens (primary N) is 1. The van der Waals surface area contributed by atoms with Gasteiger partial charge in [-0.1, -0.05) is 19.1 Å². The van der Waals surface area contributed by atoms with E-state index in [9.17, 15) is 0 Å². The van der Waals surface area contributed by atoms with Crippen LogP contribution in [0.4, 0.5) is 5.82 Å². The quantitative estimate of drug-likeness (QED) is 0.586. The molecule has 0 bridgehead atoms. The van der Waals surface area contributed by atoms with Crippen molar-refractivity contribution in [2.75, 3.05) is 5.73 Å². The van der Waals surface area contributed by atoms with Crippen LogP contribution in [0.3, 0.4) is 0 Å². The summed E-state index contributed by atoms with van der Waals surface area (Å²) in [5, 5.41) is 0. The Bertz CT molecular complexity index is 990. The van der Waals surface area contributed by atoms with E-state index in [0.717, 1.165) is 23.3 Å². The maximum atomic E-state index is 5.99. The number of H-pyrrole nitrogens is 1. The van der Waals surface area contributed by atoms with Gasteiger partial charge in [-0.25, -0.2) is 19.9 Å². The van der Waals surface area contributed by atoms with Gasteiger partial charge in [0, 0.05) is 6.42 Å². The Morgan fingerprint density at radius 1 is 1.05 bits per heavy atom. The van der Waals surface area contributed by atoms with Crippen LogP contribution in [0.15, 0.2) is 30.5 Å². The van der Waals surface area contributed by atoms with Crippen molar-refractivity contribution < 1.29 is 0 Å². The van der Waals surface area contributed by atoms with Crippen LogP contribution >= 0.6 is 0 Å². The van der Waals surface area contributed by atoms with Gasteiger partial charge in [-0.3, -0.25) is 4.98 Å². The van der Waals surface area contributed by atoms with Crippen molar-refractivity contribution in [1.29, 1.82) is 0 Å². The molecule has 0 atom stereocenters. The average molecular weight is 291 g/mol. The molecule has 0 aliphatic heterocycles. The molecular formula is C15H13N7. The lowest BCUT2D eigenvalue weighted by Crippen LogP contribution is -1.99. The summed E-state index contributed by atoms with van der Waals surface area (Å²) in [7, 11) is 0. The van der Waals surface area contributed by atoms with Gasteiger partial charge in [-0.05, 0) is 12.1 Å². The van der Waals surface area contributed by atoms with Gasteiger partial charge >= 0.3 is 0 Å². The van der Waals surface area contributed by atoms with Gasteiger partial charge in [0.1, 0.15) is 17.0 Å². The maximum absolute atomic E-state index is 5.99. The molecule has 0 unspecified atom stereocenters. The Kier molecular flexibility index (Phi) is 2.72. The fourth-order valence-electron chi connectivity index (χ4n) is 2.32. The monoisotopic (exact) mass is 291 g/mol. The van der Waals surface area contributed by atoms with Crippen molar-refractivity contribution in [3.05, 3.63) is 36.3 Å². The topological polar surface area (TPSA) is 106 Å². The first-order valence-corrected chi connectivity index (χ1v) is 6.99. The SMILES string of the molecule is CCc1nc2c(N)nc(-c3cnc4ccccc4n3)nc2[nH]1. The highest BCUT2D eigenvalue weighted by Crippen LogP contribution is 2.21. The molecule has 3 heterocycles. The number of imidazole rings is 1. The molecule has 108 valence electrons. The van der Waals surface area contributed by atoms with E-state index < -0.39 is 0 Å². The molecule has 7 heteroatoms. The highest BCUT2D eigenvalue weighted by molar-refractivity contribution is 5.84. The number of aryl methyl sites for hydroxylation is 1. The molecule has 0 aliphatic rings. The normalized spacial score (nSPS) is 11.3. The molecule has 7 nitrogen and oxygen atoms in total. The van der Waals surface area contributed by atoms with Gasteiger partial charge in [0.25, 0.3) is 0 Å². The van der Waals surface area contributed by atoms with E-state index in [0.29, 0.717) is 28.5 Å². The van der Waals surface area contributed by atoms with Crippen molar-refractivity contribution in [3.8, 4) is 11.5 Å². The number of benzene rings is 1. The molecule has 4 aromatic rings. The van der Waals surface area contributed by atoms with Gasteiger partial charge in [-0.15, -0.1) is 0 Å². The van der Waals surface area contributed by atoms with E-state index in [4.69, 9.17) is 5.73 Å². The summed E-state index contributed by atoms with van der Waals surface area (Å²) in [6.07, 6.45) is 2.43. The largest absolute Gasteiger partial charge is 0.382 e. The summed E-state index contributed by atoms with van der Waals surface area (Å²) in [6, 6.07) is 7.65. The molecular weight excluding hydrogens is 278 g/mol. The van der Waals surface area contributed by atoms with E-state index in [-0.39, 0.29) is 0 Å². The Balaban J connectivity index is 1.91. The van der Waals surface area contributed by atoms with E-state index >= 15 is 0 Å². The zero-order chi connectivity index (χ0) is 15.1. The third-order valence-electron chi connectivity index (χ3n) is 3.43. The third kappa shape index (κ3) is 1.95. The van der Waals surface area contributed by atoms with Crippen LogP contribution in [0.5, 0.6) is 0 Å². The lowest BCUT2D eigenvalue weighted by molar-refractivity contribution is 0.997. The second kappa shape index (κ2) is 4.73. The van der Waals surface area contributed by atoms with Crippen molar-refractivity contribution >= 4 is 28.0 Å². The molecule has 3 N–H and O–H groups in total. The van der Waals surface area contributed by atoms with Crippen molar-refractivity contribution in [2.45, 2.75) is 13.3 Å². The average Bonchev–Trinajstić information content (AvgIpc) is 2.98. The van der Waals surface area contributed by atoms with Crippen LogP contribution < -0.4 is 5.73 Å². The lowest BCUT2D eigenvalue weighted by Gasteiger charge is -2.02. The van der Waals surface area contributed by atoms with Crippen LogP contribution in [0.2, 0.25) is 0 Å². The number of para-hydroxylation sites is 2. The van der Waals surface area contributed by atoms with Gasteiger partial charge < -0.3 is 10.7 Å². The first kappa shape index (κ1) is 12.6. The number of anilines is 1. The molecule has 4 rings (SSSR count). The summed E-state index contributed by atoms with van der Waals surface area (Å²) in [5.74, 6) is 1.61. The molecule has 0 saturated heterocycles. The van der Waals surface area contributed by atoms with Gasteiger partial charge in [-0.2, -0.15) is 0 Å². The van der Waals surface area contributed by atoms with Gasteiger partial charge in [0.15, 0.2) is 17.3 Å². The number of nitrogens with zero attached hydrogens (tertiary/aromatic N) is 5. The van der Waals surface area contributed by atoms with Crippen LogP contribution in [0.25, 0.3) is 33.7 Å². The summed E-state index contributed by atoms with van der Waals surface area (Å²) in [5.41, 5.74) is 9.41. The smallest absolute Gasteiger partial charge is 0.184 e. The van der Waals surface area contributed by atoms with Crippen LogP contribution in [-0.2, 0) is 6.42 Å². The maximum Gasteiger partial charge on any atom is 0.184 e. The van der Waals surface area contributed by atoms with Crippen LogP contribution in [0.1, 0.15) is 12.7 Å². The number of nitrogens with one attached hydrogen (secondary N) is 1. The minimum Gasteiger partial charge on any atom is -0.382 e. The first-order valence-electron chi connectivity index (χ1n) is 6.99. The summed E-state index contributed by atoms with van der Waals surface area (Å²) < 4.78 is 0. The number of fused-ring (bicyclic) bond motifs is 2. The highest BCUT2D eigenvalue weighted by Gasteiger charge is 2.13. The fraction of sp³-hybridized carbons (Fsp3) is 0.133. The van der Waals surface area contributed by atoms with E-state index in [1.807, 2.05) is 31.2 Å². The molecule has 1 aromatic carbocycles. The Morgan fingerprint density at radius 2 is 1.86 bits per heavy atom. The molecule has 22 heavy (non-hydrogen) atoms. The number of hydrogen-bond donors (Lipinski definition) is 2. The minimum atomic E-state index is 0.339. The van der Waals surface area contributed by atoms with Crippen molar-refractivity contribution in [2.24, 2.45) is 0 Å².